The summed E-state index contributed by atoms with van der Waals surface area (Å²) in [5.74, 6) is -0.0172. The van der Waals surface area contributed by atoms with Gasteiger partial charge in [0.1, 0.15) is 4.21 Å². The van der Waals surface area contributed by atoms with Crippen LogP contribution in [0.15, 0.2) is 21.7 Å². The molecule has 7 nitrogen and oxygen atoms in total. The number of likely N-dealkylation sites (tertiary alicyclic amines) is 1. The average Bonchev–Trinajstić information content (AvgIpc) is 3.30. The molecular formula is C18H27N3O4S2. The fourth-order valence-electron chi connectivity index (χ4n) is 4.55. The summed E-state index contributed by atoms with van der Waals surface area (Å²) in [5.41, 5.74) is -0.694. The summed E-state index contributed by atoms with van der Waals surface area (Å²) in [6, 6.07) is 2.99. The summed E-state index contributed by atoms with van der Waals surface area (Å²) >= 11 is 1.18. The Balaban J connectivity index is 1.84. The van der Waals surface area contributed by atoms with Gasteiger partial charge in [-0.2, -0.15) is 0 Å². The number of fused-ring (bicyclic) bond motifs is 1. The molecule has 150 valence electrons. The van der Waals surface area contributed by atoms with Gasteiger partial charge in [0, 0.05) is 39.1 Å². The molecule has 1 aromatic heterocycles. The molecule has 2 amide bonds. The number of amides is 2. The Morgan fingerprint density at radius 3 is 2.63 bits per heavy atom. The number of carbonyl (C=O) groups is 2. The smallest absolute Gasteiger partial charge is 0.250 e. The van der Waals surface area contributed by atoms with Gasteiger partial charge in [-0.25, -0.2) is 13.1 Å². The number of nitrogens with one attached hydrogen (secondary N) is 1. The molecule has 0 radical (unpaired) electrons. The first-order valence-corrected chi connectivity index (χ1v) is 11.7. The molecule has 2 fully saturated rings. The minimum atomic E-state index is -3.58. The molecule has 27 heavy (non-hydrogen) atoms. The van der Waals surface area contributed by atoms with Gasteiger partial charge in [-0.1, -0.05) is 6.07 Å². The number of hydrogen-bond donors (Lipinski definition) is 1. The third-order valence-electron chi connectivity index (χ3n) is 5.88. The molecule has 0 aromatic carbocycles. The van der Waals surface area contributed by atoms with Crippen molar-refractivity contribution in [2.75, 3.05) is 26.2 Å². The fourth-order valence-corrected chi connectivity index (χ4v) is 6.81. The summed E-state index contributed by atoms with van der Waals surface area (Å²) in [7, 11) is -3.58. The van der Waals surface area contributed by atoms with Crippen molar-refractivity contribution in [3.05, 3.63) is 17.5 Å². The zero-order chi connectivity index (χ0) is 19.8. The third-order valence-corrected chi connectivity index (χ3v) is 8.80. The highest BCUT2D eigenvalue weighted by Crippen LogP contribution is 2.50. The molecule has 1 N–H and O–H groups in total. The van der Waals surface area contributed by atoms with Gasteiger partial charge in [0.05, 0.1) is 5.41 Å². The second-order valence-electron chi connectivity index (χ2n) is 7.42. The van der Waals surface area contributed by atoms with Crippen LogP contribution in [0.1, 0.15) is 33.6 Å². The molecule has 0 unspecified atom stereocenters. The van der Waals surface area contributed by atoms with Crippen LogP contribution in [0.25, 0.3) is 0 Å². The van der Waals surface area contributed by atoms with E-state index in [2.05, 4.69) is 4.72 Å². The van der Waals surface area contributed by atoms with Crippen LogP contribution in [-0.4, -0.2) is 62.3 Å². The highest BCUT2D eigenvalue weighted by atomic mass is 32.2. The van der Waals surface area contributed by atoms with Crippen molar-refractivity contribution in [1.29, 1.82) is 0 Å². The molecule has 3 atom stereocenters. The van der Waals surface area contributed by atoms with Crippen LogP contribution < -0.4 is 4.72 Å². The Labute approximate surface area is 164 Å². The van der Waals surface area contributed by atoms with Crippen LogP contribution in [0.4, 0.5) is 0 Å². The lowest BCUT2D eigenvalue weighted by Gasteiger charge is -2.33. The first kappa shape index (κ1) is 20.3. The van der Waals surface area contributed by atoms with E-state index in [-0.39, 0.29) is 28.0 Å². The summed E-state index contributed by atoms with van der Waals surface area (Å²) < 4.78 is 28.3. The lowest BCUT2D eigenvalue weighted by atomic mass is 9.79. The number of rotatable bonds is 6. The van der Waals surface area contributed by atoms with E-state index in [1.165, 1.54) is 18.3 Å². The van der Waals surface area contributed by atoms with Crippen LogP contribution in [0.3, 0.4) is 0 Å². The third kappa shape index (κ3) is 3.64. The van der Waals surface area contributed by atoms with Crippen LogP contribution in [-0.2, 0) is 19.6 Å². The number of thiophene rings is 1. The summed E-state index contributed by atoms with van der Waals surface area (Å²) in [6.45, 7) is 7.50. The number of hydrogen-bond acceptors (Lipinski definition) is 5. The maximum Gasteiger partial charge on any atom is 0.250 e. The molecule has 1 saturated carbocycles. The van der Waals surface area contributed by atoms with Gasteiger partial charge in [0.25, 0.3) is 0 Å². The van der Waals surface area contributed by atoms with E-state index in [1.54, 1.807) is 27.3 Å². The summed E-state index contributed by atoms with van der Waals surface area (Å²) in [6.07, 6.45) is 1.00. The van der Waals surface area contributed by atoms with Crippen LogP contribution in [0.5, 0.6) is 0 Å². The Bertz CT molecular complexity index is 805. The quantitative estimate of drug-likeness (QED) is 0.766. The van der Waals surface area contributed by atoms with Crippen molar-refractivity contribution in [2.24, 2.45) is 11.3 Å². The van der Waals surface area contributed by atoms with Crippen LogP contribution >= 0.6 is 11.3 Å². The molecule has 1 aliphatic heterocycles. The topological polar surface area (TPSA) is 86.8 Å². The van der Waals surface area contributed by atoms with Crippen molar-refractivity contribution in [1.82, 2.24) is 14.5 Å². The predicted molar refractivity (Wildman–Crippen MR) is 104 cm³/mol. The molecule has 0 spiro atoms. The first-order valence-electron chi connectivity index (χ1n) is 9.34. The Morgan fingerprint density at radius 2 is 2.07 bits per heavy atom. The van der Waals surface area contributed by atoms with E-state index in [1.807, 2.05) is 13.8 Å². The zero-order valence-corrected chi connectivity index (χ0v) is 17.6. The van der Waals surface area contributed by atoms with Crippen molar-refractivity contribution in [2.45, 2.75) is 43.9 Å². The molecule has 9 heteroatoms. The van der Waals surface area contributed by atoms with Crippen molar-refractivity contribution >= 4 is 33.2 Å². The van der Waals surface area contributed by atoms with E-state index in [4.69, 9.17) is 0 Å². The van der Waals surface area contributed by atoms with Gasteiger partial charge < -0.3 is 9.80 Å². The molecule has 1 saturated heterocycles. The van der Waals surface area contributed by atoms with Gasteiger partial charge in [-0.05, 0) is 44.1 Å². The standard InChI is InChI=1S/C18H27N3O4S2/c1-4-20(5-2)17(23)18-10-15(9-14(18)11-21(12-18)13(3)22)19-27(24,25)16-7-6-8-26-16/h6-8,14-15,19H,4-5,9-12H2,1-3H3/t14-,15+,18-/m0/s1. The van der Waals surface area contributed by atoms with Gasteiger partial charge in [0.15, 0.2) is 0 Å². The number of sulfonamides is 1. The lowest BCUT2D eigenvalue weighted by Crippen LogP contribution is -2.48. The Kier molecular flexibility index (Phi) is 5.65. The molecule has 1 aromatic rings. The molecule has 2 heterocycles. The maximum atomic E-state index is 13.3. The van der Waals surface area contributed by atoms with Gasteiger partial charge in [-0.3, -0.25) is 9.59 Å². The lowest BCUT2D eigenvalue weighted by molar-refractivity contribution is -0.142. The monoisotopic (exact) mass is 413 g/mol. The van der Waals surface area contributed by atoms with Crippen molar-refractivity contribution < 1.29 is 18.0 Å². The Morgan fingerprint density at radius 1 is 1.37 bits per heavy atom. The first-order chi connectivity index (χ1) is 12.7. The van der Waals surface area contributed by atoms with Gasteiger partial charge in [-0.15, -0.1) is 11.3 Å². The largest absolute Gasteiger partial charge is 0.343 e. The second-order valence-corrected chi connectivity index (χ2v) is 10.3. The van der Waals surface area contributed by atoms with Crippen LogP contribution in [0.2, 0.25) is 0 Å². The minimum absolute atomic E-state index is 0.0227. The highest BCUT2D eigenvalue weighted by Gasteiger charge is 2.59. The molecule has 2 aliphatic rings. The summed E-state index contributed by atoms with van der Waals surface area (Å²) in [4.78, 5) is 28.8. The van der Waals surface area contributed by atoms with E-state index < -0.39 is 15.4 Å². The normalized spacial score (nSPS) is 27.6. The van der Waals surface area contributed by atoms with E-state index in [0.29, 0.717) is 39.0 Å². The van der Waals surface area contributed by atoms with Crippen molar-refractivity contribution in [3.63, 3.8) is 0 Å². The predicted octanol–water partition coefficient (Wildman–Crippen LogP) is 1.52. The van der Waals surface area contributed by atoms with Gasteiger partial charge >= 0.3 is 0 Å². The second kappa shape index (κ2) is 7.52. The van der Waals surface area contributed by atoms with E-state index in [9.17, 15) is 18.0 Å². The molecular weight excluding hydrogens is 386 g/mol. The van der Waals surface area contributed by atoms with E-state index in [0.717, 1.165) is 0 Å². The van der Waals surface area contributed by atoms with E-state index >= 15 is 0 Å². The highest BCUT2D eigenvalue weighted by molar-refractivity contribution is 7.91. The van der Waals surface area contributed by atoms with Crippen molar-refractivity contribution in [3.8, 4) is 0 Å². The molecule has 0 bridgehead atoms. The number of carbonyl (C=O) groups excluding carboxylic acids is 2. The van der Waals surface area contributed by atoms with Crippen LogP contribution in [0, 0.1) is 11.3 Å². The zero-order valence-electron chi connectivity index (χ0n) is 16.0. The SMILES string of the molecule is CCN(CC)C(=O)[C@]12C[C@H](NS(=O)(=O)c3cccs3)C[C@H]1CN(C(C)=O)C2. The number of nitrogens with zero attached hydrogens (tertiary/aromatic N) is 2. The minimum Gasteiger partial charge on any atom is -0.343 e. The molecule has 3 rings (SSSR count). The maximum absolute atomic E-state index is 13.3. The van der Waals surface area contributed by atoms with Gasteiger partial charge in [0.2, 0.25) is 21.8 Å². The fraction of sp³-hybridized carbons (Fsp3) is 0.667. The average molecular weight is 414 g/mol. The Hall–Kier alpha value is -1.45. The molecule has 1 aliphatic carbocycles. The summed E-state index contributed by atoms with van der Waals surface area (Å²) in [5, 5.41) is 1.73.